The Hall–Kier alpha value is -1.49. The van der Waals surface area contributed by atoms with Gasteiger partial charge in [-0.05, 0) is 25.3 Å². The standard InChI is InChI=1S/C12H20N4O/c1-17-10-4-2-3-5-16(8-10)12-11(14)6-9(13)7-15-12/h6-7,10H,2-5,8,13-14H2,1H3. The molecule has 5 nitrogen and oxygen atoms in total. The van der Waals surface area contributed by atoms with Gasteiger partial charge in [0.05, 0.1) is 23.7 Å². The monoisotopic (exact) mass is 236 g/mol. The highest BCUT2D eigenvalue weighted by Gasteiger charge is 2.20. The Morgan fingerprint density at radius 3 is 2.94 bits per heavy atom. The Kier molecular flexibility index (Phi) is 3.68. The molecule has 0 bridgehead atoms. The van der Waals surface area contributed by atoms with E-state index in [4.69, 9.17) is 16.2 Å². The van der Waals surface area contributed by atoms with Crippen LogP contribution in [0.5, 0.6) is 0 Å². The smallest absolute Gasteiger partial charge is 0.152 e. The molecule has 5 heteroatoms. The molecule has 2 heterocycles. The van der Waals surface area contributed by atoms with Crippen molar-refractivity contribution in [3.63, 3.8) is 0 Å². The van der Waals surface area contributed by atoms with E-state index in [9.17, 15) is 0 Å². The summed E-state index contributed by atoms with van der Waals surface area (Å²) in [5.74, 6) is 0.822. The van der Waals surface area contributed by atoms with Gasteiger partial charge in [-0.25, -0.2) is 4.98 Å². The Morgan fingerprint density at radius 1 is 1.41 bits per heavy atom. The van der Waals surface area contributed by atoms with Gasteiger partial charge in [-0.15, -0.1) is 0 Å². The van der Waals surface area contributed by atoms with Crippen LogP contribution in [0.4, 0.5) is 17.2 Å². The minimum absolute atomic E-state index is 0.260. The zero-order valence-corrected chi connectivity index (χ0v) is 10.2. The Labute approximate surface area is 102 Å². The largest absolute Gasteiger partial charge is 0.397 e. The lowest BCUT2D eigenvalue weighted by molar-refractivity contribution is 0.103. The summed E-state index contributed by atoms with van der Waals surface area (Å²) in [4.78, 5) is 6.52. The lowest BCUT2D eigenvalue weighted by Gasteiger charge is -2.25. The number of methoxy groups -OCH3 is 1. The summed E-state index contributed by atoms with van der Waals surface area (Å²) in [5.41, 5.74) is 12.9. The van der Waals surface area contributed by atoms with Crippen LogP contribution in [0.2, 0.25) is 0 Å². The van der Waals surface area contributed by atoms with Crippen molar-refractivity contribution < 1.29 is 4.74 Å². The molecule has 1 atom stereocenters. The molecule has 0 spiro atoms. The van der Waals surface area contributed by atoms with Crippen molar-refractivity contribution in [2.45, 2.75) is 25.4 Å². The number of nitrogen functional groups attached to an aromatic ring is 2. The maximum atomic E-state index is 5.97. The van der Waals surface area contributed by atoms with Crippen LogP contribution in [-0.4, -0.2) is 31.3 Å². The molecule has 1 unspecified atom stereocenters. The first-order valence-electron chi connectivity index (χ1n) is 5.99. The average molecular weight is 236 g/mol. The van der Waals surface area contributed by atoms with Gasteiger partial charge in [-0.3, -0.25) is 0 Å². The van der Waals surface area contributed by atoms with E-state index < -0.39 is 0 Å². The highest BCUT2D eigenvalue weighted by molar-refractivity contribution is 5.66. The maximum Gasteiger partial charge on any atom is 0.152 e. The fraction of sp³-hybridized carbons (Fsp3) is 0.583. The van der Waals surface area contributed by atoms with Gasteiger partial charge in [0.25, 0.3) is 0 Å². The predicted octanol–water partition coefficient (Wildman–Crippen LogP) is 1.25. The Morgan fingerprint density at radius 2 is 2.24 bits per heavy atom. The van der Waals surface area contributed by atoms with Crippen molar-refractivity contribution in [2.24, 2.45) is 0 Å². The maximum absolute atomic E-state index is 5.97. The van der Waals surface area contributed by atoms with Gasteiger partial charge in [0, 0.05) is 20.2 Å². The van der Waals surface area contributed by atoms with Crippen molar-refractivity contribution in [1.29, 1.82) is 0 Å². The molecule has 2 rings (SSSR count). The molecular weight excluding hydrogens is 216 g/mol. The van der Waals surface area contributed by atoms with E-state index in [1.165, 1.54) is 6.42 Å². The molecule has 1 aromatic heterocycles. The number of nitrogens with two attached hydrogens (primary N) is 2. The molecule has 0 saturated carbocycles. The zero-order chi connectivity index (χ0) is 12.3. The molecule has 1 fully saturated rings. The summed E-state index contributed by atoms with van der Waals surface area (Å²) in [7, 11) is 1.76. The number of nitrogens with zero attached hydrogens (tertiary/aromatic N) is 2. The lowest BCUT2D eigenvalue weighted by Crippen LogP contribution is -2.33. The number of aromatic nitrogens is 1. The third-order valence-corrected chi connectivity index (χ3v) is 3.18. The number of hydrogen-bond donors (Lipinski definition) is 2. The fourth-order valence-corrected chi connectivity index (χ4v) is 2.24. The molecule has 17 heavy (non-hydrogen) atoms. The van der Waals surface area contributed by atoms with Crippen LogP contribution in [0, 0.1) is 0 Å². The minimum Gasteiger partial charge on any atom is -0.397 e. The molecule has 1 saturated heterocycles. The molecule has 1 aliphatic rings. The second-order valence-corrected chi connectivity index (χ2v) is 4.48. The highest BCUT2D eigenvalue weighted by atomic mass is 16.5. The van der Waals surface area contributed by atoms with Crippen LogP contribution in [0.25, 0.3) is 0 Å². The fourth-order valence-electron chi connectivity index (χ4n) is 2.24. The van der Waals surface area contributed by atoms with Crippen molar-refractivity contribution in [1.82, 2.24) is 4.98 Å². The van der Waals surface area contributed by atoms with Gasteiger partial charge in [-0.1, -0.05) is 0 Å². The predicted molar refractivity (Wildman–Crippen MR) is 69.9 cm³/mol. The van der Waals surface area contributed by atoms with Crippen LogP contribution in [0.15, 0.2) is 12.3 Å². The molecule has 1 aromatic rings. The van der Waals surface area contributed by atoms with Crippen LogP contribution in [0.1, 0.15) is 19.3 Å². The van der Waals surface area contributed by atoms with Gasteiger partial charge >= 0.3 is 0 Å². The van der Waals surface area contributed by atoms with E-state index in [1.54, 1.807) is 19.4 Å². The third kappa shape index (κ3) is 2.79. The number of pyridine rings is 1. The van der Waals surface area contributed by atoms with Crippen LogP contribution >= 0.6 is 0 Å². The Bertz CT molecular complexity index is 383. The summed E-state index contributed by atoms with van der Waals surface area (Å²) in [6.45, 7) is 1.82. The Balaban J connectivity index is 2.19. The van der Waals surface area contributed by atoms with Crippen molar-refractivity contribution in [3.05, 3.63) is 12.3 Å². The first-order valence-corrected chi connectivity index (χ1v) is 5.99. The molecule has 0 aliphatic carbocycles. The highest BCUT2D eigenvalue weighted by Crippen LogP contribution is 2.25. The molecule has 1 aliphatic heterocycles. The zero-order valence-electron chi connectivity index (χ0n) is 10.2. The molecule has 4 N–H and O–H groups in total. The number of hydrogen-bond acceptors (Lipinski definition) is 5. The number of rotatable bonds is 2. The summed E-state index contributed by atoms with van der Waals surface area (Å²) in [6, 6.07) is 1.76. The second kappa shape index (κ2) is 5.23. The van der Waals surface area contributed by atoms with E-state index >= 15 is 0 Å². The van der Waals surface area contributed by atoms with Gasteiger partial charge < -0.3 is 21.1 Å². The van der Waals surface area contributed by atoms with E-state index in [2.05, 4.69) is 9.88 Å². The number of ether oxygens (including phenoxy) is 1. The molecule has 0 amide bonds. The van der Waals surface area contributed by atoms with E-state index in [0.29, 0.717) is 11.4 Å². The summed E-state index contributed by atoms with van der Waals surface area (Å²) in [5, 5.41) is 0. The molecule has 0 radical (unpaired) electrons. The van der Waals surface area contributed by atoms with Crippen LogP contribution in [-0.2, 0) is 4.74 Å². The summed E-state index contributed by atoms with van der Waals surface area (Å²) in [6.07, 6.45) is 5.34. The third-order valence-electron chi connectivity index (χ3n) is 3.18. The van der Waals surface area contributed by atoms with E-state index in [0.717, 1.165) is 31.7 Å². The molecular formula is C12H20N4O. The van der Waals surface area contributed by atoms with Crippen LogP contribution in [0.3, 0.4) is 0 Å². The van der Waals surface area contributed by atoms with Crippen molar-refractivity contribution in [3.8, 4) is 0 Å². The summed E-state index contributed by atoms with van der Waals surface area (Å²) < 4.78 is 5.45. The SMILES string of the molecule is COC1CCCCN(c2ncc(N)cc2N)C1. The van der Waals surface area contributed by atoms with Gasteiger partial charge in [-0.2, -0.15) is 0 Å². The van der Waals surface area contributed by atoms with E-state index in [1.807, 2.05) is 0 Å². The van der Waals surface area contributed by atoms with E-state index in [-0.39, 0.29) is 6.10 Å². The van der Waals surface area contributed by atoms with Gasteiger partial charge in [0.15, 0.2) is 5.82 Å². The first kappa shape index (κ1) is 12.0. The first-order chi connectivity index (χ1) is 8.20. The topological polar surface area (TPSA) is 77.4 Å². The van der Waals surface area contributed by atoms with Gasteiger partial charge in [0.2, 0.25) is 0 Å². The normalized spacial score (nSPS) is 21.2. The van der Waals surface area contributed by atoms with Gasteiger partial charge in [0.1, 0.15) is 0 Å². The second-order valence-electron chi connectivity index (χ2n) is 4.48. The average Bonchev–Trinajstić information content (AvgIpc) is 2.54. The van der Waals surface area contributed by atoms with Crippen molar-refractivity contribution >= 4 is 17.2 Å². The summed E-state index contributed by atoms with van der Waals surface area (Å²) >= 11 is 0. The quantitative estimate of drug-likeness (QED) is 0.808. The lowest BCUT2D eigenvalue weighted by atomic mass is 10.2. The van der Waals surface area contributed by atoms with Crippen molar-refractivity contribution in [2.75, 3.05) is 36.6 Å². The number of anilines is 3. The molecule has 0 aromatic carbocycles. The minimum atomic E-state index is 0.260. The van der Waals surface area contributed by atoms with Crippen LogP contribution < -0.4 is 16.4 Å². The molecule has 94 valence electrons.